The predicted molar refractivity (Wildman–Crippen MR) is 53.7 cm³/mol. The SMILES string of the molecule is Cc1ncc(-c2ccccc2)n1C(F)(F)F. The van der Waals surface area contributed by atoms with Crippen LogP contribution < -0.4 is 0 Å². The summed E-state index contributed by atoms with van der Waals surface area (Å²) in [5.41, 5.74) is 0.561. The summed E-state index contributed by atoms with van der Waals surface area (Å²) in [4.78, 5) is 3.70. The third-order valence-corrected chi connectivity index (χ3v) is 2.26. The molecule has 0 saturated carbocycles. The van der Waals surface area contributed by atoms with Crippen LogP contribution in [0.3, 0.4) is 0 Å². The van der Waals surface area contributed by atoms with Crippen molar-refractivity contribution in [2.24, 2.45) is 0 Å². The van der Waals surface area contributed by atoms with Crippen molar-refractivity contribution in [1.82, 2.24) is 9.55 Å². The molecule has 1 heterocycles. The van der Waals surface area contributed by atoms with Gasteiger partial charge in [-0.3, -0.25) is 0 Å². The maximum atomic E-state index is 12.8. The second-order valence-electron chi connectivity index (χ2n) is 3.36. The van der Waals surface area contributed by atoms with E-state index in [1.165, 1.54) is 13.1 Å². The number of hydrogen-bond donors (Lipinski definition) is 0. The van der Waals surface area contributed by atoms with Crippen molar-refractivity contribution in [3.05, 3.63) is 42.4 Å². The van der Waals surface area contributed by atoms with Crippen LogP contribution in [0.25, 0.3) is 11.3 Å². The lowest BCUT2D eigenvalue weighted by atomic mass is 10.2. The molecule has 0 aliphatic heterocycles. The predicted octanol–water partition coefficient (Wildman–Crippen LogP) is 3.33. The maximum absolute atomic E-state index is 12.8. The van der Waals surface area contributed by atoms with Crippen LogP contribution in [-0.4, -0.2) is 9.55 Å². The minimum absolute atomic E-state index is 0.0607. The van der Waals surface area contributed by atoms with Gasteiger partial charge in [-0.25, -0.2) is 9.55 Å². The molecule has 5 heteroatoms. The van der Waals surface area contributed by atoms with Gasteiger partial charge in [0.25, 0.3) is 0 Å². The van der Waals surface area contributed by atoms with Gasteiger partial charge >= 0.3 is 6.30 Å². The van der Waals surface area contributed by atoms with Gasteiger partial charge in [-0.15, -0.1) is 13.2 Å². The molecule has 1 aromatic carbocycles. The van der Waals surface area contributed by atoms with Crippen molar-refractivity contribution in [1.29, 1.82) is 0 Å². The number of hydrogen-bond acceptors (Lipinski definition) is 1. The molecule has 0 unspecified atom stereocenters. The molecule has 2 aromatic rings. The highest BCUT2D eigenvalue weighted by molar-refractivity contribution is 5.59. The summed E-state index contributed by atoms with van der Waals surface area (Å²) in [6.07, 6.45) is -3.20. The van der Waals surface area contributed by atoms with Crippen LogP contribution in [0.4, 0.5) is 13.2 Å². The van der Waals surface area contributed by atoms with Crippen LogP contribution in [-0.2, 0) is 6.30 Å². The Morgan fingerprint density at radius 3 is 2.31 bits per heavy atom. The average Bonchev–Trinajstić information content (AvgIpc) is 2.61. The van der Waals surface area contributed by atoms with Crippen LogP contribution in [0, 0.1) is 6.92 Å². The van der Waals surface area contributed by atoms with Crippen molar-refractivity contribution in [2.75, 3.05) is 0 Å². The van der Waals surface area contributed by atoms with E-state index in [0.29, 0.717) is 5.56 Å². The zero-order valence-electron chi connectivity index (χ0n) is 8.49. The van der Waals surface area contributed by atoms with E-state index < -0.39 is 6.30 Å². The number of nitrogens with zero attached hydrogens (tertiary/aromatic N) is 2. The second-order valence-corrected chi connectivity index (χ2v) is 3.36. The van der Waals surface area contributed by atoms with Crippen LogP contribution in [0.15, 0.2) is 36.5 Å². The third kappa shape index (κ3) is 1.80. The monoisotopic (exact) mass is 226 g/mol. The Balaban J connectivity index is 2.60. The highest BCUT2D eigenvalue weighted by Crippen LogP contribution is 2.31. The normalized spacial score (nSPS) is 11.8. The molecule has 0 spiro atoms. The lowest BCUT2D eigenvalue weighted by Crippen LogP contribution is -2.19. The largest absolute Gasteiger partial charge is 0.490 e. The number of rotatable bonds is 1. The fourth-order valence-electron chi connectivity index (χ4n) is 1.58. The van der Waals surface area contributed by atoms with Crippen molar-refractivity contribution in [3.8, 4) is 11.3 Å². The van der Waals surface area contributed by atoms with Crippen LogP contribution in [0.1, 0.15) is 5.82 Å². The van der Waals surface area contributed by atoms with E-state index in [1.54, 1.807) is 30.3 Å². The van der Waals surface area contributed by atoms with Crippen LogP contribution in [0.2, 0.25) is 0 Å². The number of aryl methyl sites for hydroxylation is 1. The first-order chi connectivity index (χ1) is 7.50. The summed E-state index contributed by atoms with van der Waals surface area (Å²) in [5, 5.41) is 0. The summed E-state index contributed by atoms with van der Waals surface area (Å²) >= 11 is 0. The molecule has 0 radical (unpaired) electrons. The highest BCUT2D eigenvalue weighted by Gasteiger charge is 2.34. The number of benzene rings is 1. The molecule has 16 heavy (non-hydrogen) atoms. The number of imidazole rings is 1. The fraction of sp³-hybridized carbons (Fsp3) is 0.182. The van der Waals surface area contributed by atoms with E-state index >= 15 is 0 Å². The zero-order chi connectivity index (χ0) is 11.8. The Bertz CT molecular complexity index is 486. The first-order valence-electron chi connectivity index (χ1n) is 4.67. The molecule has 2 nitrogen and oxygen atoms in total. The van der Waals surface area contributed by atoms with Gasteiger partial charge in [-0.2, -0.15) is 0 Å². The number of alkyl halides is 3. The molecule has 0 aliphatic rings. The van der Waals surface area contributed by atoms with Gasteiger partial charge in [-0.1, -0.05) is 30.3 Å². The van der Waals surface area contributed by atoms with E-state index in [0.717, 1.165) is 0 Å². The fourth-order valence-corrected chi connectivity index (χ4v) is 1.58. The molecule has 1 aromatic heterocycles. The molecule has 0 aliphatic carbocycles. The van der Waals surface area contributed by atoms with Crippen molar-refractivity contribution < 1.29 is 13.2 Å². The van der Waals surface area contributed by atoms with Gasteiger partial charge in [0.05, 0.1) is 11.9 Å². The third-order valence-electron chi connectivity index (χ3n) is 2.26. The first kappa shape index (κ1) is 10.7. The van der Waals surface area contributed by atoms with Crippen molar-refractivity contribution in [2.45, 2.75) is 13.2 Å². The Morgan fingerprint density at radius 1 is 1.12 bits per heavy atom. The van der Waals surface area contributed by atoms with Crippen LogP contribution in [0.5, 0.6) is 0 Å². The number of aromatic nitrogens is 2. The summed E-state index contributed by atoms with van der Waals surface area (Å²) in [6.45, 7) is 1.33. The summed E-state index contributed by atoms with van der Waals surface area (Å²) in [6, 6.07) is 8.39. The molecular formula is C11H9F3N2. The van der Waals surface area contributed by atoms with E-state index in [2.05, 4.69) is 4.98 Å². The molecule has 0 atom stereocenters. The maximum Gasteiger partial charge on any atom is 0.490 e. The van der Waals surface area contributed by atoms with Gasteiger partial charge < -0.3 is 0 Å². The molecule has 0 fully saturated rings. The van der Waals surface area contributed by atoms with Crippen molar-refractivity contribution >= 4 is 0 Å². The Labute approximate surface area is 90.4 Å². The highest BCUT2D eigenvalue weighted by atomic mass is 19.4. The summed E-state index contributed by atoms with van der Waals surface area (Å²) in [5.74, 6) is -0.0636. The molecule has 84 valence electrons. The van der Waals surface area contributed by atoms with Gasteiger partial charge in [0.2, 0.25) is 0 Å². The molecule has 0 bridgehead atoms. The average molecular weight is 226 g/mol. The zero-order valence-corrected chi connectivity index (χ0v) is 8.49. The Morgan fingerprint density at radius 2 is 1.75 bits per heavy atom. The topological polar surface area (TPSA) is 17.8 Å². The quantitative estimate of drug-likeness (QED) is 0.729. The minimum atomic E-state index is -4.44. The lowest BCUT2D eigenvalue weighted by Gasteiger charge is -2.13. The molecular weight excluding hydrogens is 217 g/mol. The van der Waals surface area contributed by atoms with E-state index in [1.807, 2.05) is 0 Å². The molecule has 0 amide bonds. The summed E-state index contributed by atoms with van der Waals surface area (Å²) in [7, 11) is 0. The summed E-state index contributed by atoms with van der Waals surface area (Å²) < 4.78 is 38.5. The second kappa shape index (κ2) is 3.66. The minimum Gasteiger partial charge on any atom is -0.241 e. The van der Waals surface area contributed by atoms with E-state index in [-0.39, 0.29) is 16.1 Å². The number of halogens is 3. The Hall–Kier alpha value is -1.78. The van der Waals surface area contributed by atoms with Gasteiger partial charge in [0, 0.05) is 5.56 Å². The molecule has 0 saturated heterocycles. The van der Waals surface area contributed by atoms with E-state index in [9.17, 15) is 13.2 Å². The van der Waals surface area contributed by atoms with E-state index in [4.69, 9.17) is 0 Å². The first-order valence-corrected chi connectivity index (χ1v) is 4.67. The van der Waals surface area contributed by atoms with Gasteiger partial charge in [-0.05, 0) is 6.92 Å². The van der Waals surface area contributed by atoms with Crippen molar-refractivity contribution in [3.63, 3.8) is 0 Å². The van der Waals surface area contributed by atoms with Gasteiger partial charge in [0.1, 0.15) is 5.82 Å². The van der Waals surface area contributed by atoms with Crippen LogP contribution >= 0.6 is 0 Å². The standard InChI is InChI=1S/C11H9F3N2/c1-8-15-7-10(16(8)11(12,13)14)9-5-3-2-4-6-9/h2-7H,1H3. The molecule has 2 rings (SSSR count). The van der Waals surface area contributed by atoms with Gasteiger partial charge in [0.15, 0.2) is 0 Å². The lowest BCUT2D eigenvalue weighted by molar-refractivity contribution is -0.203. The smallest absolute Gasteiger partial charge is 0.241 e. The molecule has 0 N–H and O–H groups in total. The Kier molecular flexibility index (Phi) is 2.46.